The van der Waals surface area contributed by atoms with Crippen LogP contribution in [0.4, 0.5) is 0 Å². The SMILES string of the molecule is Cn1cc(-c2ccc(-c3cc4cnn(C5CC(C)(C)NC(C)(C)C5)c4nn3)c(O)c2)cn1. The Morgan fingerprint density at radius 3 is 2.38 bits per heavy atom. The molecule has 0 saturated carbocycles. The number of benzene rings is 1. The second-order valence-corrected chi connectivity index (χ2v) is 10.2. The third-order valence-corrected chi connectivity index (χ3v) is 6.17. The molecule has 0 amide bonds. The first-order valence-corrected chi connectivity index (χ1v) is 10.9. The van der Waals surface area contributed by atoms with Gasteiger partial charge in [-0.15, -0.1) is 10.2 Å². The molecular formula is C24H29N7O. The number of fused-ring (bicyclic) bond motifs is 1. The molecule has 0 spiro atoms. The Labute approximate surface area is 187 Å². The van der Waals surface area contributed by atoms with Crippen molar-refractivity contribution < 1.29 is 5.11 Å². The summed E-state index contributed by atoms with van der Waals surface area (Å²) in [7, 11) is 1.87. The van der Waals surface area contributed by atoms with Gasteiger partial charge < -0.3 is 10.4 Å². The predicted molar refractivity (Wildman–Crippen MR) is 124 cm³/mol. The first-order valence-electron chi connectivity index (χ1n) is 10.9. The van der Waals surface area contributed by atoms with Gasteiger partial charge in [-0.05, 0) is 64.3 Å². The normalized spacial score (nSPS) is 18.3. The van der Waals surface area contributed by atoms with E-state index in [9.17, 15) is 5.11 Å². The van der Waals surface area contributed by atoms with Crippen LogP contribution < -0.4 is 5.32 Å². The smallest absolute Gasteiger partial charge is 0.180 e. The van der Waals surface area contributed by atoms with Gasteiger partial charge in [0.15, 0.2) is 5.65 Å². The summed E-state index contributed by atoms with van der Waals surface area (Å²) in [6.45, 7) is 8.92. The van der Waals surface area contributed by atoms with E-state index in [1.165, 1.54) is 0 Å². The van der Waals surface area contributed by atoms with E-state index in [1.54, 1.807) is 16.9 Å². The zero-order valence-corrected chi connectivity index (χ0v) is 19.2. The van der Waals surface area contributed by atoms with Gasteiger partial charge >= 0.3 is 0 Å². The Morgan fingerprint density at radius 1 is 0.969 bits per heavy atom. The van der Waals surface area contributed by atoms with Crippen LogP contribution in [0.1, 0.15) is 46.6 Å². The van der Waals surface area contributed by atoms with Gasteiger partial charge in [0.2, 0.25) is 0 Å². The molecule has 0 unspecified atom stereocenters. The number of hydrogen-bond acceptors (Lipinski definition) is 6. The van der Waals surface area contributed by atoms with Crippen molar-refractivity contribution in [2.75, 3.05) is 0 Å². The lowest BCUT2D eigenvalue weighted by Gasteiger charge is -2.46. The topological polar surface area (TPSA) is 93.7 Å². The fourth-order valence-electron chi connectivity index (χ4n) is 5.19. The summed E-state index contributed by atoms with van der Waals surface area (Å²) in [5, 5.41) is 33.2. The van der Waals surface area contributed by atoms with Gasteiger partial charge in [0.1, 0.15) is 5.75 Å². The third-order valence-electron chi connectivity index (χ3n) is 6.17. The molecule has 1 aliphatic rings. The van der Waals surface area contributed by atoms with E-state index in [0.29, 0.717) is 11.3 Å². The number of phenols is 1. The van der Waals surface area contributed by atoms with Crippen molar-refractivity contribution in [2.45, 2.75) is 57.7 Å². The van der Waals surface area contributed by atoms with Gasteiger partial charge in [-0.25, -0.2) is 4.68 Å². The number of nitrogens with zero attached hydrogens (tertiary/aromatic N) is 6. The van der Waals surface area contributed by atoms with Crippen LogP contribution in [0.2, 0.25) is 0 Å². The zero-order chi connectivity index (χ0) is 22.7. The lowest BCUT2D eigenvalue weighted by atomic mass is 9.79. The summed E-state index contributed by atoms with van der Waals surface area (Å²) >= 11 is 0. The van der Waals surface area contributed by atoms with Crippen molar-refractivity contribution in [1.82, 2.24) is 35.1 Å². The molecule has 32 heavy (non-hydrogen) atoms. The molecule has 1 aromatic carbocycles. The van der Waals surface area contributed by atoms with Crippen molar-refractivity contribution in [2.24, 2.45) is 7.05 Å². The molecule has 2 N–H and O–H groups in total. The number of nitrogens with one attached hydrogen (secondary N) is 1. The number of hydrogen-bond donors (Lipinski definition) is 2. The standard InChI is InChI=1S/C24H29N7O/c1-23(2)10-18(11-24(3,4)29-23)31-22-16(12-26-31)8-20(27-28-22)19-7-6-15(9-21(19)32)17-13-25-30(5)14-17/h6-9,12-14,18,29,32H,10-11H2,1-5H3. The summed E-state index contributed by atoms with van der Waals surface area (Å²) < 4.78 is 3.75. The highest BCUT2D eigenvalue weighted by Gasteiger charge is 2.39. The second kappa shape index (κ2) is 7.13. The number of phenolic OH excluding ortho intramolecular Hbond substituents is 1. The van der Waals surface area contributed by atoms with Crippen LogP contribution in [0, 0.1) is 0 Å². The van der Waals surface area contributed by atoms with Crippen molar-refractivity contribution in [3.8, 4) is 28.1 Å². The molecule has 0 radical (unpaired) electrons. The van der Waals surface area contributed by atoms with Gasteiger partial charge in [0.25, 0.3) is 0 Å². The van der Waals surface area contributed by atoms with Gasteiger partial charge in [-0.3, -0.25) is 4.68 Å². The van der Waals surface area contributed by atoms with E-state index in [0.717, 1.165) is 35.0 Å². The number of aryl methyl sites for hydroxylation is 1. The Morgan fingerprint density at radius 2 is 1.72 bits per heavy atom. The number of aromatic hydroxyl groups is 1. The maximum absolute atomic E-state index is 10.7. The minimum Gasteiger partial charge on any atom is -0.507 e. The fraction of sp³-hybridized carbons (Fsp3) is 0.417. The fourth-order valence-corrected chi connectivity index (χ4v) is 5.19. The summed E-state index contributed by atoms with van der Waals surface area (Å²) in [5.74, 6) is 0.161. The minimum absolute atomic E-state index is 0.0138. The first kappa shape index (κ1) is 20.6. The largest absolute Gasteiger partial charge is 0.507 e. The number of piperidine rings is 1. The molecule has 5 rings (SSSR count). The van der Waals surface area contributed by atoms with Gasteiger partial charge in [0, 0.05) is 40.8 Å². The van der Waals surface area contributed by atoms with Crippen molar-refractivity contribution >= 4 is 11.0 Å². The maximum atomic E-state index is 10.7. The molecule has 0 bridgehead atoms. The molecule has 0 atom stereocenters. The Kier molecular flexibility index (Phi) is 4.60. The van der Waals surface area contributed by atoms with E-state index < -0.39 is 0 Å². The van der Waals surface area contributed by atoms with E-state index in [-0.39, 0.29) is 22.9 Å². The van der Waals surface area contributed by atoms with Crippen molar-refractivity contribution in [3.63, 3.8) is 0 Å². The molecule has 1 saturated heterocycles. The molecule has 3 aromatic heterocycles. The van der Waals surface area contributed by atoms with E-state index >= 15 is 0 Å². The quantitative estimate of drug-likeness (QED) is 0.508. The van der Waals surface area contributed by atoms with E-state index in [2.05, 4.69) is 53.4 Å². The van der Waals surface area contributed by atoms with Crippen LogP contribution in [0.5, 0.6) is 5.75 Å². The number of aromatic nitrogens is 6. The second-order valence-electron chi connectivity index (χ2n) is 10.2. The van der Waals surface area contributed by atoms with Crippen LogP contribution in [-0.2, 0) is 7.05 Å². The molecule has 0 aliphatic carbocycles. The molecule has 8 heteroatoms. The average molecular weight is 432 g/mol. The monoisotopic (exact) mass is 431 g/mol. The number of rotatable bonds is 3. The third kappa shape index (κ3) is 3.75. The molecular weight excluding hydrogens is 402 g/mol. The summed E-state index contributed by atoms with van der Waals surface area (Å²) in [6, 6.07) is 7.75. The first-order chi connectivity index (χ1) is 15.1. The lowest BCUT2D eigenvalue weighted by Crippen LogP contribution is -2.58. The van der Waals surface area contributed by atoms with Crippen molar-refractivity contribution in [1.29, 1.82) is 0 Å². The Hall–Kier alpha value is -3.26. The minimum atomic E-state index is 0.0138. The summed E-state index contributed by atoms with van der Waals surface area (Å²) in [5.41, 5.74) is 3.92. The van der Waals surface area contributed by atoms with Crippen LogP contribution in [0.3, 0.4) is 0 Å². The highest BCUT2D eigenvalue weighted by atomic mass is 16.3. The summed E-state index contributed by atoms with van der Waals surface area (Å²) in [6.07, 6.45) is 7.47. The van der Waals surface area contributed by atoms with E-state index in [4.69, 9.17) is 0 Å². The predicted octanol–water partition coefficient (Wildman–Crippen LogP) is 4.08. The van der Waals surface area contributed by atoms with E-state index in [1.807, 2.05) is 42.3 Å². The molecule has 4 heterocycles. The van der Waals surface area contributed by atoms with Crippen LogP contribution in [0.15, 0.2) is 42.9 Å². The van der Waals surface area contributed by atoms with Crippen LogP contribution in [0.25, 0.3) is 33.4 Å². The highest BCUT2D eigenvalue weighted by Crippen LogP contribution is 2.37. The van der Waals surface area contributed by atoms with Gasteiger partial charge in [-0.1, -0.05) is 6.07 Å². The van der Waals surface area contributed by atoms with Crippen molar-refractivity contribution in [3.05, 3.63) is 42.9 Å². The molecule has 4 aromatic rings. The average Bonchev–Trinajstić information content (AvgIpc) is 3.31. The lowest BCUT2D eigenvalue weighted by molar-refractivity contribution is 0.128. The molecule has 8 nitrogen and oxygen atoms in total. The molecule has 1 aliphatic heterocycles. The maximum Gasteiger partial charge on any atom is 0.180 e. The van der Waals surface area contributed by atoms with Gasteiger partial charge in [-0.2, -0.15) is 10.2 Å². The molecule has 166 valence electrons. The Bertz CT molecular complexity index is 1280. The Balaban J connectivity index is 1.48. The van der Waals surface area contributed by atoms with Crippen LogP contribution >= 0.6 is 0 Å². The van der Waals surface area contributed by atoms with Crippen LogP contribution in [-0.4, -0.2) is 45.9 Å². The zero-order valence-electron chi connectivity index (χ0n) is 19.2. The summed E-state index contributed by atoms with van der Waals surface area (Å²) in [4.78, 5) is 0. The highest BCUT2D eigenvalue weighted by molar-refractivity contribution is 5.81. The van der Waals surface area contributed by atoms with Gasteiger partial charge in [0.05, 0.1) is 24.1 Å². The molecule has 1 fully saturated rings.